The van der Waals surface area contributed by atoms with Crippen molar-refractivity contribution in [2.45, 2.75) is 58.6 Å². The van der Waals surface area contributed by atoms with Crippen molar-refractivity contribution in [2.75, 3.05) is 4.90 Å². The molecule has 182 valence electrons. The fourth-order valence-corrected chi connectivity index (χ4v) is 5.27. The molecule has 1 amide bonds. The molecule has 0 fully saturated rings. The van der Waals surface area contributed by atoms with Crippen LogP contribution in [0.25, 0.3) is 0 Å². The summed E-state index contributed by atoms with van der Waals surface area (Å²) in [4.78, 5) is 28.8. The first-order chi connectivity index (χ1) is 16.3. The van der Waals surface area contributed by atoms with Crippen LogP contribution in [0.2, 0.25) is 5.02 Å². The Balaban J connectivity index is 1.72. The average molecular weight is 555 g/mol. The third kappa shape index (κ3) is 4.82. The second-order valence-electron chi connectivity index (χ2n) is 10.4. The van der Waals surface area contributed by atoms with Crippen LogP contribution in [0.3, 0.4) is 0 Å². The molecular formula is C29H29BrClNO3. The molecule has 0 spiro atoms. The largest absolute Gasteiger partial charge is 0.375 e. The molecule has 1 aliphatic rings. The van der Waals surface area contributed by atoms with Crippen LogP contribution in [-0.4, -0.2) is 16.8 Å². The number of ketones is 1. The molecule has 0 bridgehead atoms. The van der Waals surface area contributed by atoms with Gasteiger partial charge in [-0.3, -0.25) is 9.59 Å². The number of anilines is 1. The number of fused-ring (bicyclic) bond motifs is 1. The number of carbonyl (C=O) groups is 2. The third-order valence-corrected chi connectivity index (χ3v) is 7.39. The van der Waals surface area contributed by atoms with Gasteiger partial charge in [-0.2, -0.15) is 0 Å². The highest BCUT2D eigenvalue weighted by atomic mass is 79.9. The quantitative estimate of drug-likeness (QED) is 0.345. The van der Waals surface area contributed by atoms with Crippen LogP contribution in [0.4, 0.5) is 5.69 Å². The lowest BCUT2D eigenvalue weighted by Gasteiger charge is -2.25. The molecule has 0 aliphatic carbocycles. The normalized spacial score (nSPS) is 17.6. The average Bonchev–Trinajstić information content (AvgIpc) is 2.95. The van der Waals surface area contributed by atoms with E-state index in [2.05, 4.69) is 36.7 Å². The Kier molecular flexibility index (Phi) is 6.73. The summed E-state index contributed by atoms with van der Waals surface area (Å²) >= 11 is 9.46. The molecule has 0 saturated carbocycles. The van der Waals surface area contributed by atoms with Crippen molar-refractivity contribution in [3.63, 3.8) is 0 Å². The predicted octanol–water partition coefficient (Wildman–Crippen LogP) is 7.02. The fourth-order valence-electron chi connectivity index (χ4n) is 4.78. The molecule has 1 unspecified atom stereocenters. The Morgan fingerprint density at radius 3 is 2.20 bits per heavy atom. The van der Waals surface area contributed by atoms with Gasteiger partial charge in [0.05, 0.1) is 18.7 Å². The van der Waals surface area contributed by atoms with E-state index in [9.17, 15) is 14.7 Å². The zero-order valence-electron chi connectivity index (χ0n) is 20.6. The van der Waals surface area contributed by atoms with Crippen LogP contribution in [0, 0.1) is 13.8 Å². The van der Waals surface area contributed by atoms with Crippen molar-refractivity contribution in [3.05, 3.63) is 97.5 Å². The predicted molar refractivity (Wildman–Crippen MR) is 144 cm³/mol. The molecule has 0 aromatic heterocycles. The summed E-state index contributed by atoms with van der Waals surface area (Å²) < 4.78 is 0.727. The molecule has 4 rings (SSSR count). The zero-order valence-corrected chi connectivity index (χ0v) is 22.9. The van der Waals surface area contributed by atoms with Gasteiger partial charge >= 0.3 is 0 Å². The molecular weight excluding hydrogens is 526 g/mol. The topological polar surface area (TPSA) is 57.6 Å². The summed E-state index contributed by atoms with van der Waals surface area (Å²) in [6.45, 7) is 10.5. The summed E-state index contributed by atoms with van der Waals surface area (Å²) in [6.07, 6.45) is -0.330. The SMILES string of the molecule is Cc1cc(C(C)(C)C)cc(C)c1C(=O)CC1(O)C(=O)N(Cc2ccc(Cl)cc2)c2ccc(Br)cc21. The number of carbonyl (C=O) groups excluding carboxylic acids is 2. The van der Waals surface area contributed by atoms with Gasteiger partial charge in [0.1, 0.15) is 0 Å². The highest BCUT2D eigenvalue weighted by Crippen LogP contribution is 2.45. The Hall–Kier alpha value is -2.47. The summed E-state index contributed by atoms with van der Waals surface area (Å²) in [5.74, 6) is -0.758. The second-order valence-corrected chi connectivity index (χ2v) is 11.7. The van der Waals surface area contributed by atoms with Crippen molar-refractivity contribution in [1.29, 1.82) is 0 Å². The monoisotopic (exact) mass is 553 g/mol. The van der Waals surface area contributed by atoms with Gasteiger partial charge in [-0.1, -0.05) is 72.6 Å². The highest BCUT2D eigenvalue weighted by molar-refractivity contribution is 9.10. The minimum absolute atomic E-state index is 0.0515. The Labute approximate surface area is 220 Å². The number of hydrogen-bond donors (Lipinski definition) is 1. The number of amides is 1. The molecule has 1 N–H and O–H groups in total. The van der Waals surface area contributed by atoms with Gasteiger partial charge in [-0.15, -0.1) is 0 Å². The van der Waals surface area contributed by atoms with Gasteiger partial charge in [0.25, 0.3) is 5.91 Å². The molecule has 0 saturated heterocycles. The van der Waals surface area contributed by atoms with E-state index >= 15 is 0 Å². The van der Waals surface area contributed by atoms with Crippen LogP contribution >= 0.6 is 27.5 Å². The number of hydrogen-bond acceptors (Lipinski definition) is 3. The number of aliphatic hydroxyl groups is 1. The maximum absolute atomic E-state index is 13.7. The number of rotatable bonds is 5. The lowest BCUT2D eigenvalue weighted by Crippen LogP contribution is -2.41. The summed E-state index contributed by atoms with van der Waals surface area (Å²) in [6, 6.07) is 16.6. The second kappa shape index (κ2) is 9.20. The number of Topliss-reactive ketones (excluding diaryl/α,β-unsaturated/α-hetero) is 1. The summed E-state index contributed by atoms with van der Waals surface area (Å²) in [7, 11) is 0. The minimum atomic E-state index is -1.95. The van der Waals surface area contributed by atoms with Crippen molar-refractivity contribution >= 4 is 44.9 Å². The standard InChI is InChI=1S/C29H29BrClNO3/c1-17-12-20(28(3,4)5)13-18(2)26(17)25(33)15-29(35)23-14-21(30)8-11-24(23)32(27(29)34)16-19-6-9-22(31)10-7-19/h6-14,35H,15-16H2,1-5H3. The highest BCUT2D eigenvalue weighted by Gasteiger charge is 2.51. The van der Waals surface area contributed by atoms with E-state index < -0.39 is 11.5 Å². The van der Waals surface area contributed by atoms with Crippen LogP contribution in [0.15, 0.2) is 59.1 Å². The number of benzene rings is 3. The van der Waals surface area contributed by atoms with E-state index in [0.29, 0.717) is 21.8 Å². The van der Waals surface area contributed by atoms with E-state index in [0.717, 1.165) is 26.7 Å². The van der Waals surface area contributed by atoms with E-state index in [1.165, 1.54) is 0 Å². The smallest absolute Gasteiger partial charge is 0.264 e. The zero-order chi connectivity index (χ0) is 25.7. The van der Waals surface area contributed by atoms with Crippen molar-refractivity contribution in [2.24, 2.45) is 0 Å². The molecule has 0 radical (unpaired) electrons. The van der Waals surface area contributed by atoms with Gasteiger partial charge in [0.2, 0.25) is 0 Å². The molecule has 3 aromatic carbocycles. The van der Waals surface area contributed by atoms with Crippen LogP contribution in [-0.2, 0) is 22.4 Å². The van der Waals surface area contributed by atoms with Crippen LogP contribution in [0.5, 0.6) is 0 Å². The molecule has 1 heterocycles. The van der Waals surface area contributed by atoms with Gasteiger partial charge in [0, 0.05) is 20.6 Å². The lowest BCUT2D eigenvalue weighted by atomic mass is 9.81. The Morgan fingerprint density at radius 1 is 1.03 bits per heavy atom. The molecule has 1 atom stereocenters. The van der Waals surface area contributed by atoms with E-state index in [1.807, 2.05) is 44.2 Å². The maximum atomic E-state index is 13.7. The van der Waals surface area contributed by atoms with E-state index in [1.54, 1.807) is 29.2 Å². The summed E-state index contributed by atoms with van der Waals surface area (Å²) in [5.41, 5.74) is 3.30. The maximum Gasteiger partial charge on any atom is 0.264 e. The van der Waals surface area contributed by atoms with Crippen molar-refractivity contribution in [3.8, 4) is 0 Å². The Morgan fingerprint density at radius 2 is 1.63 bits per heavy atom. The van der Waals surface area contributed by atoms with Gasteiger partial charge in [-0.25, -0.2) is 0 Å². The molecule has 1 aliphatic heterocycles. The van der Waals surface area contributed by atoms with Crippen molar-refractivity contribution in [1.82, 2.24) is 0 Å². The first-order valence-electron chi connectivity index (χ1n) is 11.5. The third-order valence-electron chi connectivity index (χ3n) is 6.64. The van der Waals surface area contributed by atoms with Gasteiger partial charge in [-0.05, 0) is 71.8 Å². The molecule has 3 aromatic rings. The molecule has 35 heavy (non-hydrogen) atoms. The van der Waals surface area contributed by atoms with Gasteiger partial charge in [0.15, 0.2) is 11.4 Å². The van der Waals surface area contributed by atoms with E-state index in [-0.39, 0.29) is 24.2 Å². The van der Waals surface area contributed by atoms with Crippen molar-refractivity contribution < 1.29 is 14.7 Å². The van der Waals surface area contributed by atoms with E-state index in [4.69, 9.17) is 11.6 Å². The fraction of sp³-hybridized carbons (Fsp3) is 0.310. The number of aryl methyl sites for hydroxylation is 2. The summed E-state index contributed by atoms with van der Waals surface area (Å²) in [5, 5.41) is 12.4. The van der Waals surface area contributed by atoms with Crippen LogP contribution < -0.4 is 4.90 Å². The first-order valence-corrected chi connectivity index (χ1v) is 12.7. The van der Waals surface area contributed by atoms with Crippen LogP contribution in [0.1, 0.15) is 65.4 Å². The first kappa shape index (κ1) is 25.6. The lowest BCUT2D eigenvalue weighted by molar-refractivity contribution is -0.136. The minimum Gasteiger partial charge on any atom is -0.375 e. The number of halogens is 2. The Bertz CT molecular complexity index is 1300. The molecule has 6 heteroatoms. The van der Waals surface area contributed by atoms with Gasteiger partial charge < -0.3 is 10.0 Å². The molecule has 4 nitrogen and oxygen atoms in total. The number of nitrogens with zero attached hydrogens (tertiary/aromatic N) is 1.